The Hall–Kier alpha value is -3.15. The summed E-state index contributed by atoms with van der Waals surface area (Å²) in [6, 6.07) is 11.2. The van der Waals surface area contributed by atoms with E-state index in [0.717, 1.165) is 5.56 Å². The third-order valence-electron chi connectivity index (χ3n) is 4.02. The van der Waals surface area contributed by atoms with Crippen molar-refractivity contribution in [2.75, 3.05) is 11.9 Å². The highest BCUT2D eigenvalue weighted by molar-refractivity contribution is 5.93. The second kappa shape index (κ2) is 7.82. The van der Waals surface area contributed by atoms with E-state index in [2.05, 4.69) is 29.2 Å². The van der Waals surface area contributed by atoms with Gasteiger partial charge in [-0.2, -0.15) is 5.10 Å². The van der Waals surface area contributed by atoms with Gasteiger partial charge in [0.15, 0.2) is 12.4 Å². The fourth-order valence-electron chi connectivity index (χ4n) is 2.79. The second-order valence-electron chi connectivity index (χ2n) is 6.34. The van der Waals surface area contributed by atoms with Crippen LogP contribution >= 0.6 is 0 Å². The van der Waals surface area contributed by atoms with Gasteiger partial charge in [0, 0.05) is 18.6 Å². The van der Waals surface area contributed by atoms with E-state index in [1.165, 1.54) is 5.56 Å². The van der Waals surface area contributed by atoms with Gasteiger partial charge in [0.05, 0.1) is 5.69 Å². The van der Waals surface area contributed by atoms with Gasteiger partial charge in [0.25, 0.3) is 5.91 Å². The lowest BCUT2D eigenvalue weighted by atomic mass is 9.98. The fourth-order valence-corrected chi connectivity index (χ4v) is 2.79. The summed E-state index contributed by atoms with van der Waals surface area (Å²) in [5, 5.41) is 6.98. The molecule has 26 heavy (non-hydrogen) atoms. The number of aromatic nitrogens is 3. The normalized spacial score (nSPS) is 10.8. The number of carbonyl (C=O) groups is 1. The van der Waals surface area contributed by atoms with Gasteiger partial charge in [0.2, 0.25) is 0 Å². The Morgan fingerprint density at radius 3 is 2.77 bits per heavy atom. The molecule has 0 spiro atoms. The van der Waals surface area contributed by atoms with Crippen molar-refractivity contribution in [3.63, 3.8) is 0 Å². The number of ether oxygens (including phenoxy) is 1. The first-order valence-corrected chi connectivity index (χ1v) is 8.53. The van der Waals surface area contributed by atoms with Crippen LogP contribution in [0.5, 0.6) is 5.75 Å². The second-order valence-corrected chi connectivity index (χ2v) is 6.34. The van der Waals surface area contributed by atoms with Crippen LogP contribution in [0.3, 0.4) is 0 Å². The fraction of sp³-hybridized carbons (Fsp3) is 0.250. The SMILES string of the molecule is Cc1cc(OCC(=O)Nc2cccnc2-n2cccn2)ccc1C(C)C. The summed E-state index contributed by atoms with van der Waals surface area (Å²) >= 11 is 0. The molecular formula is C20H22N4O2. The predicted molar refractivity (Wildman–Crippen MR) is 101 cm³/mol. The van der Waals surface area contributed by atoms with Crippen LogP contribution in [0, 0.1) is 6.92 Å². The minimum Gasteiger partial charge on any atom is -0.484 e. The lowest BCUT2D eigenvalue weighted by Crippen LogP contribution is -2.21. The number of amides is 1. The molecule has 0 aliphatic heterocycles. The molecule has 2 aromatic heterocycles. The first-order chi connectivity index (χ1) is 12.5. The maximum Gasteiger partial charge on any atom is 0.262 e. The number of anilines is 1. The van der Waals surface area contributed by atoms with Crippen LogP contribution < -0.4 is 10.1 Å². The average molecular weight is 350 g/mol. The largest absolute Gasteiger partial charge is 0.484 e. The summed E-state index contributed by atoms with van der Waals surface area (Å²) in [5.74, 6) is 1.44. The summed E-state index contributed by atoms with van der Waals surface area (Å²) < 4.78 is 7.23. The molecule has 3 aromatic rings. The molecule has 0 aliphatic rings. The Morgan fingerprint density at radius 1 is 1.23 bits per heavy atom. The molecule has 0 fully saturated rings. The van der Waals surface area contributed by atoms with Crippen molar-refractivity contribution in [2.45, 2.75) is 26.7 Å². The Balaban J connectivity index is 1.65. The zero-order valence-electron chi connectivity index (χ0n) is 15.1. The summed E-state index contributed by atoms with van der Waals surface area (Å²) in [6.45, 7) is 6.28. The highest BCUT2D eigenvalue weighted by Gasteiger charge is 2.11. The molecule has 0 bridgehead atoms. The van der Waals surface area contributed by atoms with Crippen molar-refractivity contribution in [2.24, 2.45) is 0 Å². The standard InChI is InChI=1S/C20H22N4O2/c1-14(2)17-8-7-16(12-15(17)3)26-13-19(25)23-18-6-4-9-21-20(18)24-11-5-10-22-24/h4-12,14H,13H2,1-3H3,(H,23,25). The molecule has 0 aliphatic carbocycles. The third-order valence-corrected chi connectivity index (χ3v) is 4.02. The number of pyridine rings is 1. The van der Waals surface area contributed by atoms with Crippen LogP contribution in [0.15, 0.2) is 55.0 Å². The number of hydrogen-bond donors (Lipinski definition) is 1. The van der Waals surface area contributed by atoms with Gasteiger partial charge in [0.1, 0.15) is 5.75 Å². The van der Waals surface area contributed by atoms with Crippen molar-refractivity contribution in [1.82, 2.24) is 14.8 Å². The first-order valence-electron chi connectivity index (χ1n) is 8.53. The number of benzene rings is 1. The van der Waals surface area contributed by atoms with Crippen molar-refractivity contribution in [3.05, 3.63) is 66.1 Å². The summed E-state index contributed by atoms with van der Waals surface area (Å²) in [5.41, 5.74) is 3.02. The zero-order valence-corrected chi connectivity index (χ0v) is 15.1. The van der Waals surface area contributed by atoms with Crippen molar-refractivity contribution < 1.29 is 9.53 Å². The summed E-state index contributed by atoms with van der Waals surface area (Å²) in [7, 11) is 0. The number of rotatable bonds is 6. The highest BCUT2D eigenvalue weighted by atomic mass is 16.5. The predicted octanol–water partition coefficient (Wildman–Crippen LogP) is 3.72. The Kier molecular flexibility index (Phi) is 5.31. The van der Waals surface area contributed by atoms with Crippen LogP contribution in [0.4, 0.5) is 5.69 Å². The number of carbonyl (C=O) groups excluding carboxylic acids is 1. The summed E-state index contributed by atoms with van der Waals surface area (Å²) in [6.07, 6.45) is 5.09. The minimum atomic E-state index is -0.253. The van der Waals surface area contributed by atoms with E-state index in [0.29, 0.717) is 23.2 Å². The summed E-state index contributed by atoms with van der Waals surface area (Å²) in [4.78, 5) is 16.5. The molecule has 0 atom stereocenters. The minimum absolute atomic E-state index is 0.0755. The molecule has 3 rings (SSSR count). The number of hydrogen-bond acceptors (Lipinski definition) is 4. The molecule has 1 aromatic carbocycles. The third kappa shape index (κ3) is 4.08. The van der Waals surface area contributed by atoms with E-state index in [9.17, 15) is 4.79 Å². The Bertz CT molecular complexity index is 889. The van der Waals surface area contributed by atoms with E-state index in [-0.39, 0.29) is 12.5 Å². The Morgan fingerprint density at radius 2 is 2.08 bits per heavy atom. The molecule has 0 unspecified atom stereocenters. The van der Waals surface area contributed by atoms with Gasteiger partial charge in [-0.05, 0) is 54.3 Å². The highest BCUT2D eigenvalue weighted by Crippen LogP contribution is 2.23. The van der Waals surface area contributed by atoms with Gasteiger partial charge in [-0.25, -0.2) is 9.67 Å². The molecule has 134 valence electrons. The molecule has 6 nitrogen and oxygen atoms in total. The lowest BCUT2D eigenvalue weighted by Gasteiger charge is -2.13. The smallest absolute Gasteiger partial charge is 0.262 e. The van der Waals surface area contributed by atoms with Crippen LogP contribution in [0.2, 0.25) is 0 Å². The topological polar surface area (TPSA) is 69.0 Å². The van der Waals surface area contributed by atoms with E-state index < -0.39 is 0 Å². The number of nitrogens with one attached hydrogen (secondary N) is 1. The maximum absolute atomic E-state index is 12.3. The number of nitrogens with zero attached hydrogens (tertiary/aromatic N) is 3. The van der Waals surface area contributed by atoms with Crippen molar-refractivity contribution in [3.8, 4) is 11.6 Å². The molecule has 1 N–H and O–H groups in total. The molecule has 1 amide bonds. The Labute approximate surface area is 152 Å². The lowest BCUT2D eigenvalue weighted by molar-refractivity contribution is -0.118. The molecule has 0 saturated heterocycles. The van der Waals surface area contributed by atoms with Crippen LogP contribution in [-0.4, -0.2) is 27.3 Å². The molecule has 0 saturated carbocycles. The number of aryl methyl sites for hydroxylation is 1. The molecular weight excluding hydrogens is 328 g/mol. The van der Waals surface area contributed by atoms with Gasteiger partial charge in [-0.15, -0.1) is 0 Å². The van der Waals surface area contributed by atoms with E-state index in [1.807, 2.05) is 25.1 Å². The average Bonchev–Trinajstić information content (AvgIpc) is 3.14. The van der Waals surface area contributed by atoms with E-state index in [1.54, 1.807) is 41.5 Å². The zero-order chi connectivity index (χ0) is 18.5. The van der Waals surface area contributed by atoms with Gasteiger partial charge >= 0.3 is 0 Å². The maximum atomic E-state index is 12.3. The van der Waals surface area contributed by atoms with Crippen LogP contribution in [0.1, 0.15) is 30.9 Å². The molecule has 6 heteroatoms. The molecule has 0 radical (unpaired) electrons. The van der Waals surface area contributed by atoms with Crippen molar-refractivity contribution >= 4 is 11.6 Å². The van der Waals surface area contributed by atoms with Gasteiger partial charge in [-0.3, -0.25) is 4.79 Å². The first kappa shape index (κ1) is 17.7. The van der Waals surface area contributed by atoms with Crippen LogP contribution in [0.25, 0.3) is 5.82 Å². The van der Waals surface area contributed by atoms with E-state index in [4.69, 9.17) is 4.74 Å². The molecule has 2 heterocycles. The quantitative estimate of drug-likeness (QED) is 0.736. The van der Waals surface area contributed by atoms with E-state index >= 15 is 0 Å². The van der Waals surface area contributed by atoms with Gasteiger partial charge < -0.3 is 10.1 Å². The monoisotopic (exact) mass is 350 g/mol. The van der Waals surface area contributed by atoms with Gasteiger partial charge in [-0.1, -0.05) is 19.9 Å². The van der Waals surface area contributed by atoms with Crippen molar-refractivity contribution in [1.29, 1.82) is 0 Å². The van der Waals surface area contributed by atoms with Crippen LogP contribution in [-0.2, 0) is 4.79 Å².